The van der Waals surface area contributed by atoms with Crippen LogP contribution in [0, 0.1) is 0 Å². The van der Waals surface area contributed by atoms with E-state index in [1.165, 1.54) is 4.31 Å². The van der Waals surface area contributed by atoms with E-state index in [9.17, 15) is 8.42 Å². The van der Waals surface area contributed by atoms with Gasteiger partial charge < -0.3 is 9.47 Å². The van der Waals surface area contributed by atoms with Gasteiger partial charge in [-0.2, -0.15) is 4.31 Å². The van der Waals surface area contributed by atoms with Crippen LogP contribution >= 0.6 is 11.6 Å². The third-order valence-electron chi connectivity index (χ3n) is 4.70. The van der Waals surface area contributed by atoms with Crippen molar-refractivity contribution < 1.29 is 8.42 Å². The van der Waals surface area contributed by atoms with Crippen LogP contribution in [0.15, 0.2) is 60.9 Å². The van der Waals surface area contributed by atoms with E-state index in [0.29, 0.717) is 36.8 Å². The number of hydrogen-bond donors (Lipinski definition) is 0. The van der Waals surface area contributed by atoms with Crippen molar-refractivity contribution in [1.82, 2.24) is 19.1 Å². The molecular formula is C19H20ClN5O2S. The first-order valence-electron chi connectivity index (χ1n) is 8.95. The van der Waals surface area contributed by atoms with Crippen molar-refractivity contribution in [3.63, 3.8) is 0 Å². The summed E-state index contributed by atoms with van der Waals surface area (Å²) in [5.74, 6) is 1.46. The number of anilines is 1. The maximum Gasteiger partial charge on any atom is 0.218 e. The van der Waals surface area contributed by atoms with E-state index < -0.39 is 10.0 Å². The summed E-state index contributed by atoms with van der Waals surface area (Å²) in [6.07, 6.45) is 3.82. The van der Waals surface area contributed by atoms with E-state index in [1.54, 1.807) is 24.3 Å². The summed E-state index contributed by atoms with van der Waals surface area (Å²) in [6.45, 7) is 1.99. The van der Waals surface area contributed by atoms with Crippen LogP contribution in [0.3, 0.4) is 0 Å². The molecule has 146 valence electrons. The second-order valence-corrected chi connectivity index (χ2v) is 9.02. The Morgan fingerprint density at radius 3 is 2.21 bits per heavy atom. The highest BCUT2D eigenvalue weighted by Gasteiger charge is 2.27. The zero-order chi connectivity index (χ0) is 19.6. The normalized spacial score (nSPS) is 15.7. The van der Waals surface area contributed by atoms with Crippen molar-refractivity contribution in [3.8, 4) is 5.82 Å². The third-order valence-corrected chi connectivity index (χ3v) is 6.78. The largest absolute Gasteiger partial charge is 0.352 e. The molecule has 3 aromatic rings. The molecule has 0 radical (unpaired) electrons. The maximum absolute atomic E-state index is 12.7. The smallest absolute Gasteiger partial charge is 0.218 e. The van der Waals surface area contributed by atoms with E-state index in [4.69, 9.17) is 11.6 Å². The van der Waals surface area contributed by atoms with Crippen molar-refractivity contribution >= 4 is 27.4 Å². The predicted molar refractivity (Wildman–Crippen MR) is 109 cm³/mol. The standard InChI is InChI=1S/C19H20ClN5O2S/c20-17-5-3-4-16(14-17)15-28(26,27)25-12-10-24(11-13-25)19-7-6-18(21-22-19)23-8-1-2-9-23/h1-9,14H,10-13,15H2. The average molecular weight is 418 g/mol. The molecule has 0 spiro atoms. The van der Waals surface area contributed by atoms with Gasteiger partial charge in [-0.05, 0) is 42.0 Å². The fourth-order valence-electron chi connectivity index (χ4n) is 3.24. The molecule has 0 N–H and O–H groups in total. The summed E-state index contributed by atoms with van der Waals surface area (Å²) >= 11 is 5.96. The molecule has 9 heteroatoms. The van der Waals surface area contributed by atoms with E-state index in [0.717, 1.165) is 11.6 Å². The van der Waals surface area contributed by atoms with Gasteiger partial charge in [0.2, 0.25) is 10.0 Å². The topological polar surface area (TPSA) is 71.3 Å². The molecule has 0 saturated carbocycles. The fourth-order valence-corrected chi connectivity index (χ4v) is 4.95. The molecule has 0 aliphatic carbocycles. The number of benzene rings is 1. The van der Waals surface area contributed by atoms with Crippen LogP contribution in [0.1, 0.15) is 5.56 Å². The number of nitrogens with zero attached hydrogens (tertiary/aromatic N) is 5. The second-order valence-electron chi connectivity index (χ2n) is 6.61. The molecule has 1 saturated heterocycles. The lowest BCUT2D eigenvalue weighted by atomic mass is 10.2. The molecule has 0 unspecified atom stereocenters. The van der Waals surface area contributed by atoms with Crippen LogP contribution in [0.2, 0.25) is 5.02 Å². The Morgan fingerprint density at radius 2 is 1.57 bits per heavy atom. The third kappa shape index (κ3) is 4.19. The Balaban J connectivity index is 1.38. The minimum absolute atomic E-state index is 0.0427. The second kappa shape index (κ2) is 7.90. The van der Waals surface area contributed by atoms with E-state index in [2.05, 4.69) is 15.1 Å². The number of aromatic nitrogens is 3. The molecule has 1 aliphatic heterocycles. The minimum Gasteiger partial charge on any atom is -0.352 e. The molecule has 0 amide bonds. The minimum atomic E-state index is -3.39. The molecule has 1 aromatic carbocycles. The Bertz CT molecular complexity index is 1030. The van der Waals surface area contributed by atoms with Crippen molar-refractivity contribution in [2.24, 2.45) is 0 Å². The van der Waals surface area contributed by atoms with E-state index in [-0.39, 0.29) is 5.75 Å². The Hall–Kier alpha value is -2.42. The zero-order valence-corrected chi connectivity index (χ0v) is 16.7. The fraction of sp³-hybridized carbons (Fsp3) is 0.263. The van der Waals surface area contributed by atoms with Gasteiger partial charge in [-0.25, -0.2) is 8.42 Å². The van der Waals surface area contributed by atoms with Crippen LogP contribution < -0.4 is 4.90 Å². The lowest BCUT2D eigenvalue weighted by Crippen LogP contribution is -2.49. The number of sulfonamides is 1. The van der Waals surface area contributed by atoms with Crippen molar-refractivity contribution in [2.75, 3.05) is 31.1 Å². The van der Waals surface area contributed by atoms with Gasteiger partial charge in [0.25, 0.3) is 0 Å². The Morgan fingerprint density at radius 1 is 0.893 bits per heavy atom. The summed E-state index contributed by atoms with van der Waals surface area (Å²) in [5, 5.41) is 9.09. The van der Waals surface area contributed by atoms with E-state index >= 15 is 0 Å². The highest BCUT2D eigenvalue weighted by atomic mass is 35.5. The van der Waals surface area contributed by atoms with Gasteiger partial charge in [0, 0.05) is 43.6 Å². The quantitative estimate of drug-likeness (QED) is 0.638. The molecule has 28 heavy (non-hydrogen) atoms. The van der Waals surface area contributed by atoms with Gasteiger partial charge in [-0.3, -0.25) is 0 Å². The van der Waals surface area contributed by atoms with Crippen LogP contribution in [0.5, 0.6) is 0 Å². The Labute approximate surface area is 169 Å². The van der Waals surface area contributed by atoms with Crippen molar-refractivity contribution in [3.05, 3.63) is 71.5 Å². The maximum atomic E-state index is 12.7. The molecule has 1 aliphatic rings. The highest BCUT2D eigenvalue weighted by Crippen LogP contribution is 2.19. The van der Waals surface area contributed by atoms with Crippen molar-refractivity contribution in [1.29, 1.82) is 0 Å². The van der Waals surface area contributed by atoms with Gasteiger partial charge in [-0.15, -0.1) is 10.2 Å². The molecule has 0 bridgehead atoms. The predicted octanol–water partition coefficient (Wildman–Crippen LogP) is 2.57. The molecule has 0 atom stereocenters. The zero-order valence-electron chi connectivity index (χ0n) is 15.1. The molecule has 4 rings (SSSR count). The first kappa shape index (κ1) is 18.9. The Kier molecular flexibility index (Phi) is 5.34. The summed E-state index contributed by atoms with van der Waals surface area (Å²) < 4.78 is 28.9. The number of rotatable bonds is 5. The van der Waals surface area contributed by atoms with Gasteiger partial charge in [-0.1, -0.05) is 23.7 Å². The SMILES string of the molecule is O=S(=O)(Cc1cccc(Cl)c1)N1CCN(c2ccc(-n3cccc3)nn2)CC1. The molecular weight excluding hydrogens is 398 g/mol. The van der Waals surface area contributed by atoms with Gasteiger partial charge in [0.05, 0.1) is 5.75 Å². The number of halogens is 1. The van der Waals surface area contributed by atoms with Gasteiger partial charge >= 0.3 is 0 Å². The first-order chi connectivity index (χ1) is 13.5. The summed E-state index contributed by atoms with van der Waals surface area (Å²) in [7, 11) is -3.39. The van der Waals surface area contributed by atoms with Gasteiger partial charge in [0.1, 0.15) is 0 Å². The van der Waals surface area contributed by atoms with Crippen LogP contribution in [-0.4, -0.2) is 53.7 Å². The molecule has 3 heterocycles. The molecule has 2 aromatic heterocycles. The highest BCUT2D eigenvalue weighted by molar-refractivity contribution is 7.88. The first-order valence-corrected chi connectivity index (χ1v) is 10.9. The summed E-state index contributed by atoms with van der Waals surface area (Å²) in [6, 6.07) is 14.7. The number of hydrogen-bond acceptors (Lipinski definition) is 5. The van der Waals surface area contributed by atoms with Crippen molar-refractivity contribution in [2.45, 2.75) is 5.75 Å². The summed E-state index contributed by atoms with van der Waals surface area (Å²) in [4.78, 5) is 2.05. The van der Waals surface area contributed by atoms with Crippen LogP contribution in [-0.2, 0) is 15.8 Å². The lowest BCUT2D eigenvalue weighted by Gasteiger charge is -2.34. The molecule has 1 fully saturated rings. The van der Waals surface area contributed by atoms with Gasteiger partial charge in [0.15, 0.2) is 11.6 Å². The summed E-state index contributed by atoms with van der Waals surface area (Å²) in [5.41, 5.74) is 0.696. The van der Waals surface area contributed by atoms with E-state index in [1.807, 2.05) is 41.2 Å². The van der Waals surface area contributed by atoms with Crippen LogP contribution in [0.4, 0.5) is 5.82 Å². The average Bonchev–Trinajstić information content (AvgIpc) is 3.23. The molecule has 7 nitrogen and oxygen atoms in total. The lowest BCUT2D eigenvalue weighted by molar-refractivity contribution is 0.383. The monoisotopic (exact) mass is 417 g/mol. The van der Waals surface area contributed by atoms with Crippen LogP contribution in [0.25, 0.3) is 5.82 Å². The number of piperazine rings is 1.